The van der Waals surface area contributed by atoms with E-state index in [4.69, 9.17) is 4.74 Å². The number of carbonyl (C=O) groups excluding carboxylic acids is 4. The number of amides is 5. The molecular formula is C30H43N5O5. The van der Waals surface area contributed by atoms with Crippen molar-refractivity contribution in [2.75, 3.05) is 51.3 Å². The van der Waals surface area contributed by atoms with Gasteiger partial charge in [-0.3, -0.25) is 29.5 Å². The van der Waals surface area contributed by atoms with E-state index in [1.807, 2.05) is 4.90 Å². The lowest BCUT2D eigenvalue weighted by Crippen LogP contribution is -2.49. The summed E-state index contributed by atoms with van der Waals surface area (Å²) < 4.78 is 5.44. The fourth-order valence-corrected chi connectivity index (χ4v) is 6.89. The van der Waals surface area contributed by atoms with Gasteiger partial charge in [0, 0.05) is 37.7 Å². The zero-order chi connectivity index (χ0) is 28.1. The van der Waals surface area contributed by atoms with Crippen LogP contribution in [0.4, 0.5) is 10.5 Å². The van der Waals surface area contributed by atoms with Crippen molar-refractivity contribution in [3.8, 4) is 5.75 Å². The number of methoxy groups -OCH3 is 1. The van der Waals surface area contributed by atoms with Gasteiger partial charge in [0.25, 0.3) is 5.91 Å². The molecule has 1 aliphatic carbocycles. The Balaban J connectivity index is 1.09. The number of ether oxygens (including phenoxy) is 1. The third kappa shape index (κ3) is 6.77. The third-order valence-electron chi connectivity index (χ3n) is 9.23. The van der Waals surface area contributed by atoms with Crippen molar-refractivity contribution in [3.05, 3.63) is 23.8 Å². The predicted molar refractivity (Wildman–Crippen MR) is 151 cm³/mol. The lowest BCUT2D eigenvalue weighted by molar-refractivity contribution is -0.123. The smallest absolute Gasteiger partial charge is 0.328 e. The quantitative estimate of drug-likeness (QED) is 0.537. The van der Waals surface area contributed by atoms with Gasteiger partial charge in [0.2, 0.25) is 11.8 Å². The van der Waals surface area contributed by atoms with Gasteiger partial charge in [-0.15, -0.1) is 0 Å². The fraction of sp³-hybridized carbons (Fsp3) is 0.667. The summed E-state index contributed by atoms with van der Waals surface area (Å²) in [5, 5.41) is 5.57. The normalized spacial score (nSPS) is 22.2. The molecule has 4 fully saturated rings. The topological polar surface area (TPSA) is 111 Å². The number of urea groups is 1. The van der Waals surface area contributed by atoms with Gasteiger partial charge in [-0.05, 0) is 81.6 Å². The first-order valence-corrected chi connectivity index (χ1v) is 15.0. The molecule has 5 amide bonds. The molecule has 2 N–H and O–H groups in total. The number of nitrogens with zero attached hydrogens (tertiary/aromatic N) is 3. The molecule has 3 saturated heterocycles. The van der Waals surface area contributed by atoms with Crippen LogP contribution in [0.5, 0.6) is 5.75 Å². The molecular weight excluding hydrogens is 510 g/mol. The minimum atomic E-state index is -0.504. The minimum absolute atomic E-state index is 0.0466. The van der Waals surface area contributed by atoms with Gasteiger partial charge in [0.05, 0.1) is 19.3 Å². The number of carbonyl (C=O) groups is 4. The van der Waals surface area contributed by atoms with Crippen LogP contribution in [0.3, 0.4) is 0 Å². The summed E-state index contributed by atoms with van der Waals surface area (Å²) in [6.45, 7) is 4.11. The number of nitrogens with one attached hydrogen (secondary N) is 2. The van der Waals surface area contributed by atoms with E-state index in [1.165, 1.54) is 31.3 Å². The van der Waals surface area contributed by atoms with Gasteiger partial charge in [-0.2, -0.15) is 0 Å². The maximum atomic E-state index is 13.4. The van der Waals surface area contributed by atoms with Gasteiger partial charge in [0.15, 0.2) is 0 Å². The predicted octanol–water partition coefficient (Wildman–Crippen LogP) is 3.15. The SMILES string of the molecule is COc1ccc(C(=O)N2CCC(C3CCN(CC(=O)NC4CCCCC4)CC3)CC2)cc1N1CCC(=O)NC1=O. The minimum Gasteiger partial charge on any atom is -0.495 e. The highest BCUT2D eigenvalue weighted by molar-refractivity contribution is 6.07. The highest BCUT2D eigenvalue weighted by Gasteiger charge is 2.33. The first-order valence-electron chi connectivity index (χ1n) is 15.0. The van der Waals surface area contributed by atoms with E-state index in [0.717, 1.165) is 51.6 Å². The van der Waals surface area contributed by atoms with Gasteiger partial charge >= 0.3 is 6.03 Å². The van der Waals surface area contributed by atoms with Gasteiger partial charge < -0.3 is 15.0 Å². The molecule has 5 rings (SSSR count). The number of rotatable bonds is 7. The van der Waals surface area contributed by atoms with Crippen molar-refractivity contribution in [1.29, 1.82) is 0 Å². The molecule has 4 aliphatic rings. The second-order valence-electron chi connectivity index (χ2n) is 11.8. The Morgan fingerprint density at radius 2 is 1.60 bits per heavy atom. The second kappa shape index (κ2) is 13.0. The van der Waals surface area contributed by atoms with E-state index < -0.39 is 6.03 Å². The number of likely N-dealkylation sites (tertiary alicyclic amines) is 2. The first-order chi connectivity index (χ1) is 19.4. The number of hydrogen-bond donors (Lipinski definition) is 2. The Labute approximate surface area is 236 Å². The molecule has 1 aromatic rings. The van der Waals surface area contributed by atoms with E-state index in [2.05, 4.69) is 15.5 Å². The highest BCUT2D eigenvalue weighted by Crippen LogP contribution is 2.34. The monoisotopic (exact) mass is 553 g/mol. The Morgan fingerprint density at radius 1 is 0.925 bits per heavy atom. The maximum Gasteiger partial charge on any atom is 0.328 e. The molecule has 218 valence electrons. The van der Waals surface area contributed by atoms with E-state index in [0.29, 0.717) is 54.5 Å². The summed E-state index contributed by atoms with van der Waals surface area (Å²) in [7, 11) is 1.52. The van der Waals surface area contributed by atoms with Crippen molar-refractivity contribution >= 4 is 29.4 Å². The molecule has 0 bridgehead atoms. The maximum absolute atomic E-state index is 13.4. The van der Waals surface area contributed by atoms with Crippen LogP contribution in [-0.2, 0) is 9.59 Å². The van der Waals surface area contributed by atoms with Crippen LogP contribution >= 0.6 is 0 Å². The van der Waals surface area contributed by atoms with Crippen molar-refractivity contribution in [2.24, 2.45) is 11.8 Å². The number of imide groups is 1. The summed E-state index contributed by atoms with van der Waals surface area (Å²) in [5.41, 5.74) is 1.01. The second-order valence-corrected chi connectivity index (χ2v) is 11.8. The summed E-state index contributed by atoms with van der Waals surface area (Å²) in [6, 6.07) is 5.01. The molecule has 0 unspecified atom stereocenters. The van der Waals surface area contributed by atoms with Crippen molar-refractivity contribution in [2.45, 2.75) is 70.3 Å². The highest BCUT2D eigenvalue weighted by atomic mass is 16.5. The van der Waals surface area contributed by atoms with Gasteiger partial charge in [-0.1, -0.05) is 19.3 Å². The van der Waals surface area contributed by atoms with Crippen LogP contribution in [0.15, 0.2) is 18.2 Å². The van der Waals surface area contributed by atoms with Crippen LogP contribution in [0.25, 0.3) is 0 Å². The summed E-state index contributed by atoms with van der Waals surface area (Å²) in [4.78, 5) is 55.6. The Kier molecular flexibility index (Phi) is 9.24. The average Bonchev–Trinajstić information content (AvgIpc) is 2.97. The van der Waals surface area contributed by atoms with Crippen molar-refractivity contribution in [1.82, 2.24) is 20.4 Å². The summed E-state index contributed by atoms with van der Waals surface area (Å²) in [5.74, 6) is 1.55. The number of hydrogen-bond acceptors (Lipinski definition) is 6. The molecule has 3 aliphatic heterocycles. The van der Waals surface area contributed by atoms with E-state index in [1.54, 1.807) is 18.2 Å². The van der Waals surface area contributed by atoms with Crippen LogP contribution in [0.1, 0.15) is 74.6 Å². The van der Waals surface area contributed by atoms with Crippen molar-refractivity contribution < 1.29 is 23.9 Å². The fourth-order valence-electron chi connectivity index (χ4n) is 6.89. The molecule has 1 aromatic carbocycles. The standard InChI is InChI=1S/C30H43N5O5/c1-40-26-8-7-23(19-25(26)35-18-13-27(36)32-30(35)39)29(38)34-16-11-22(12-17-34)21-9-14-33(15-10-21)20-28(37)31-24-5-3-2-4-6-24/h7-8,19,21-22,24H,2-6,9-18,20H2,1H3,(H,31,37)(H,32,36,39). The van der Waals surface area contributed by atoms with E-state index in [-0.39, 0.29) is 30.7 Å². The summed E-state index contributed by atoms with van der Waals surface area (Å²) >= 11 is 0. The van der Waals surface area contributed by atoms with Gasteiger partial charge in [0.1, 0.15) is 5.75 Å². The van der Waals surface area contributed by atoms with Crippen LogP contribution in [-0.4, -0.2) is 86.0 Å². The number of anilines is 1. The lowest BCUT2D eigenvalue weighted by Gasteiger charge is -2.40. The Bertz CT molecular complexity index is 1090. The van der Waals surface area contributed by atoms with Crippen molar-refractivity contribution in [3.63, 3.8) is 0 Å². The molecule has 40 heavy (non-hydrogen) atoms. The number of benzene rings is 1. The summed E-state index contributed by atoms with van der Waals surface area (Å²) in [6.07, 6.45) is 10.4. The zero-order valence-electron chi connectivity index (χ0n) is 23.7. The molecule has 10 heteroatoms. The van der Waals surface area contributed by atoms with Crippen LogP contribution in [0, 0.1) is 11.8 Å². The average molecular weight is 554 g/mol. The Morgan fingerprint density at radius 3 is 2.25 bits per heavy atom. The van der Waals surface area contributed by atoms with Crippen LogP contribution < -0.4 is 20.3 Å². The molecule has 1 saturated carbocycles. The molecule has 10 nitrogen and oxygen atoms in total. The van der Waals surface area contributed by atoms with Crippen LogP contribution in [0.2, 0.25) is 0 Å². The molecule has 0 atom stereocenters. The van der Waals surface area contributed by atoms with E-state index in [9.17, 15) is 19.2 Å². The Hall–Kier alpha value is -3.14. The molecule has 0 radical (unpaired) electrons. The zero-order valence-corrected chi connectivity index (χ0v) is 23.7. The largest absolute Gasteiger partial charge is 0.495 e. The molecule has 0 aromatic heterocycles. The van der Waals surface area contributed by atoms with E-state index >= 15 is 0 Å². The molecule has 3 heterocycles. The lowest BCUT2D eigenvalue weighted by atomic mass is 9.78. The number of piperidine rings is 2. The van der Waals surface area contributed by atoms with Gasteiger partial charge in [-0.25, -0.2) is 4.79 Å². The molecule has 0 spiro atoms. The third-order valence-corrected chi connectivity index (χ3v) is 9.23. The first kappa shape index (κ1) is 28.4.